The predicted molar refractivity (Wildman–Crippen MR) is 149 cm³/mol. The molecule has 1 aliphatic heterocycles. The van der Waals surface area contributed by atoms with E-state index in [1.165, 1.54) is 11.3 Å². The lowest BCUT2D eigenvalue weighted by molar-refractivity contribution is -0.127. The molecule has 1 atom stereocenters. The van der Waals surface area contributed by atoms with Gasteiger partial charge in [0, 0.05) is 39.7 Å². The number of thiophene rings is 1. The highest BCUT2D eigenvalue weighted by Gasteiger charge is 2.27. The van der Waals surface area contributed by atoms with Crippen molar-refractivity contribution in [2.45, 2.75) is 25.3 Å². The van der Waals surface area contributed by atoms with Crippen LogP contribution in [-0.2, 0) is 4.79 Å². The van der Waals surface area contributed by atoms with Gasteiger partial charge >= 0.3 is 0 Å². The second-order valence-corrected chi connectivity index (χ2v) is 10.4. The molecule has 8 heteroatoms. The predicted octanol–water partition coefficient (Wildman–Crippen LogP) is 5.19. The van der Waals surface area contributed by atoms with E-state index in [1.54, 1.807) is 73.8 Å². The highest BCUT2D eigenvalue weighted by atomic mass is 32.1. The van der Waals surface area contributed by atoms with Crippen LogP contribution in [0.3, 0.4) is 0 Å². The zero-order valence-corrected chi connectivity index (χ0v) is 22.0. The number of nitrogens with one attached hydrogen (secondary N) is 1. The fourth-order valence-electron chi connectivity index (χ4n) is 4.98. The summed E-state index contributed by atoms with van der Waals surface area (Å²) in [5.41, 5.74) is 1.91. The third-order valence-corrected chi connectivity index (χ3v) is 8.16. The standard InChI is InChI=1S/C30H30N2O5S/c1-31-30(36)25-4-2-3-15-32(25)16-17-37-23-12-7-19(8-13-23)28(35)27-24-14-11-22(34)18-26(24)38-29(27)20-5-9-21(33)10-6-20/h5-14,18,25,33-34H,2-4,15-17H2,1H3,(H,31,36)/t25-/m0/s1. The molecule has 4 aromatic rings. The molecule has 1 aliphatic rings. The van der Waals surface area contributed by atoms with Crippen molar-refractivity contribution in [1.29, 1.82) is 0 Å². The highest BCUT2D eigenvalue weighted by molar-refractivity contribution is 7.22. The molecule has 1 aromatic heterocycles. The Kier molecular flexibility index (Phi) is 7.62. The van der Waals surface area contributed by atoms with Crippen molar-refractivity contribution in [2.24, 2.45) is 0 Å². The first-order valence-electron chi connectivity index (χ1n) is 12.7. The van der Waals surface area contributed by atoms with Gasteiger partial charge in [0.15, 0.2) is 5.78 Å². The van der Waals surface area contributed by atoms with E-state index in [0.29, 0.717) is 30.0 Å². The molecular weight excluding hydrogens is 500 g/mol. The quantitative estimate of drug-likeness (QED) is 0.271. The van der Waals surface area contributed by atoms with Crippen LogP contribution in [0.2, 0.25) is 0 Å². The number of hydrogen-bond donors (Lipinski definition) is 3. The summed E-state index contributed by atoms with van der Waals surface area (Å²) in [6.45, 7) is 1.98. The van der Waals surface area contributed by atoms with Gasteiger partial charge in [-0.25, -0.2) is 0 Å². The topological polar surface area (TPSA) is 99.1 Å². The molecule has 1 saturated heterocycles. The number of phenolic OH excluding ortho intramolecular Hbond substituents is 2. The summed E-state index contributed by atoms with van der Waals surface area (Å²) in [6, 6.07) is 18.8. The highest BCUT2D eigenvalue weighted by Crippen LogP contribution is 2.41. The number of aromatic hydroxyl groups is 2. The average molecular weight is 531 g/mol. The van der Waals surface area contributed by atoms with Crippen LogP contribution in [0.25, 0.3) is 20.5 Å². The molecule has 0 aliphatic carbocycles. The molecule has 3 aromatic carbocycles. The average Bonchev–Trinajstić information content (AvgIpc) is 3.31. The number of hydrogen-bond acceptors (Lipinski definition) is 7. The number of benzene rings is 3. The first-order valence-corrected chi connectivity index (χ1v) is 13.5. The van der Waals surface area contributed by atoms with E-state index in [1.807, 2.05) is 0 Å². The summed E-state index contributed by atoms with van der Waals surface area (Å²) in [6.07, 6.45) is 2.99. The van der Waals surface area contributed by atoms with Gasteiger partial charge in [0.1, 0.15) is 23.9 Å². The number of likely N-dealkylation sites (N-methyl/N-ethyl adjacent to an activating group) is 1. The maximum absolute atomic E-state index is 13.7. The lowest BCUT2D eigenvalue weighted by Gasteiger charge is -2.34. The Balaban J connectivity index is 1.33. The molecule has 0 bridgehead atoms. The minimum absolute atomic E-state index is 0.0513. The van der Waals surface area contributed by atoms with E-state index < -0.39 is 0 Å². The van der Waals surface area contributed by atoms with E-state index in [-0.39, 0.29) is 29.2 Å². The molecule has 0 saturated carbocycles. The first kappa shape index (κ1) is 25.8. The Morgan fingerprint density at radius 2 is 1.74 bits per heavy atom. The van der Waals surface area contributed by atoms with Crippen LogP contribution in [0.5, 0.6) is 17.2 Å². The van der Waals surface area contributed by atoms with Crippen molar-refractivity contribution in [3.05, 3.63) is 77.9 Å². The van der Waals surface area contributed by atoms with Gasteiger partial charge < -0.3 is 20.3 Å². The van der Waals surface area contributed by atoms with Crippen molar-refractivity contribution in [2.75, 3.05) is 26.7 Å². The van der Waals surface area contributed by atoms with Gasteiger partial charge in [0.2, 0.25) is 5.91 Å². The molecule has 5 rings (SSSR count). The Morgan fingerprint density at radius 1 is 1.00 bits per heavy atom. The number of phenols is 2. The minimum atomic E-state index is -0.127. The fraction of sp³-hybridized carbons (Fsp3) is 0.267. The number of piperidine rings is 1. The number of fused-ring (bicyclic) bond motifs is 1. The van der Waals surface area contributed by atoms with E-state index in [0.717, 1.165) is 46.3 Å². The number of rotatable bonds is 8. The molecule has 7 nitrogen and oxygen atoms in total. The zero-order chi connectivity index (χ0) is 26.6. The van der Waals surface area contributed by atoms with Crippen LogP contribution < -0.4 is 10.1 Å². The summed E-state index contributed by atoms with van der Waals surface area (Å²) in [4.78, 5) is 28.9. The molecule has 1 fully saturated rings. The lowest BCUT2D eigenvalue weighted by Crippen LogP contribution is -2.49. The van der Waals surface area contributed by atoms with Gasteiger partial charge in [-0.05, 0) is 91.7 Å². The van der Waals surface area contributed by atoms with Crippen molar-refractivity contribution in [3.8, 4) is 27.7 Å². The second kappa shape index (κ2) is 11.2. The molecule has 38 heavy (non-hydrogen) atoms. The molecule has 196 valence electrons. The Hall–Kier alpha value is -3.88. The van der Waals surface area contributed by atoms with Gasteiger partial charge in [-0.1, -0.05) is 6.42 Å². The van der Waals surface area contributed by atoms with Gasteiger partial charge in [-0.15, -0.1) is 11.3 Å². The van der Waals surface area contributed by atoms with Crippen LogP contribution in [0.4, 0.5) is 0 Å². The zero-order valence-electron chi connectivity index (χ0n) is 21.1. The number of ether oxygens (including phenoxy) is 1. The second-order valence-electron chi connectivity index (χ2n) is 9.40. The maximum Gasteiger partial charge on any atom is 0.237 e. The Labute approximate surface area is 225 Å². The normalized spacial score (nSPS) is 15.9. The van der Waals surface area contributed by atoms with E-state index >= 15 is 0 Å². The first-order chi connectivity index (χ1) is 18.4. The van der Waals surface area contributed by atoms with Crippen LogP contribution in [0.1, 0.15) is 35.2 Å². The third-order valence-electron chi connectivity index (χ3n) is 6.96. The van der Waals surface area contributed by atoms with Gasteiger partial charge in [0.25, 0.3) is 0 Å². The SMILES string of the molecule is CNC(=O)[C@@H]1CCCCN1CCOc1ccc(C(=O)c2c(-c3ccc(O)cc3)sc3cc(O)ccc23)cc1. The largest absolute Gasteiger partial charge is 0.508 e. The van der Waals surface area contributed by atoms with Crippen LogP contribution >= 0.6 is 11.3 Å². The monoisotopic (exact) mass is 530 g/mol. The smallest absolute Gasteiger partial charge is 0.237 e. The van der Waals surface area contributed by atoms with Gasteiger partial charge in [-0.2, -0.15) is 0 Å². The summed E-state index contributed by atoms with van der Waals surface area (Å²) < 4.78 is 6.76. The van der Waals surface area contributed by atoms with Gasteiger partial charge in [0.05, 0.1) is 6.04 Å². The van der Waals surface area contributed by atoms with Crippen molar-refractivity contribution >= 4 is 33.1 Å². The number of nitrogens with zero attached hydrogens (tertiary/aromatic N) is 1. The number of ketones is 1. The van der Waals surface area contributed by atoms with Crippen LogP contribution in [0, 0.1) is 0 Å². The Morgan fingerprint density at radius 3 is 2.47 bits per heavy atom. The summed E-state index contributed by atoms with van der Waals surface area (Å²) >= 11 is 1.43. The van der Waals surface area contributed by atoms with Crippen molar-refractivity contribution in [3.63, 3.8) is 0 Å². The van der Waals surface area contributed by atoms with Crippen molar-refractivity contribution < 1.29 is 24.5 Å². The molecule has 0 spiro atoms. The molecule has 0 unspecified atom stereocenters. The molecule has 1 amide bonds. The van der Waals surface area contributed by atoms with Crippen molar-refractivity contribution in [1.82, 2.24) is 10.2 Å². The number of likely N-dealkylation sites (tertiary alicyclic amines) is 1. The minimum Gasteiger partial charge on any atom is -0.508 e. The molecule has 2 heterocycles. The number of carbonyl (C=O) groups excluding carboxylic acids is 2. The van der Waals surface area contributed by atoms with Gasteiger partial charge in [-0.3, -0.25) is 14.5 Å². The van der Waals surface area contributed by atoms with E-state index in [9.17, 15) is 19.8 Å². The maximum atomic E-state index is 13.7. The molecule has 0 radical (unpaired) electrons. The Bertz CT molecular complexity index is 1450. The number of carbonyl (C=O) groups is 2. The third kappa shape index (κ3) is 5.37. The van der Waals surface area contributed by atoms with Crippen LogP contribution in [0.15, 0.2) is 66.7 Å². The summed E-state index contributed by atoms with van der Waals surface area (Å²) in [5.74, 6) is 0.880. The fourth-order valence-corrected chi connectivity index (χ4v) is 6.21. The molecular formula is C30H30N2O5S. The summed E-state index contributed by atoms with van der Waals surface area (Å²) in [5, 5.41) is 23.2. The summed E-state index contributed by atoms with van der Waals surface area (Å²) in [7, 11) is 1.67. The lowest BCUT2D eigenvalue weighted by atomic mass is 9.97. The number of amides is 1. The van der Waals surface area contributed by atoms with E-state index in [2.05, 4.69) is 10.2 Å². The van der Waals surface area contributed by atoms with Crippen LogP contribution in [-0.4, -0.2) is 59.6 Å². The molecule has 3 N–H and O–H groups in total. The van der Waals surface area contributed by atoms with E-state index in [4.69, 9.17) is 4.74 Å².